The minimum atomic E-state index is -0.360. The first kappa shape index (κ1) is 14.9. The highest BCUT2D eigenvalue weighted by Gasteiger charge is 2.16. The van der Waals surface area contributed by atoms with E-state index in [4.69, 9.17) is 5.73 Å². The molecule has 0 saturated heterocycles. The molecule has 0 radical (unpaired) electrons. The van der Waals surface area contributed by atoms with E-state index in [1.807, 2.05) is 24.3 Å². The highest BCUT2D eigenvalue weighted by Crippen LogP contribution is 2.23. The molecule has 0 unspecified atom stereocenters. The van der Waals surface area contributed by atoms with E-state index in [0.29, 0.717) is 13.1 Å². The number of rotatable bonds is 4. The van der Waals surface area contributed by atoms with Gasteiger partial charge in [-0.1, -0.05) is 24.3 Å². The van der Waals surface area contributed by atoms with E-state index < -0.39 is 0 Å². The van der Waals surface area contributed by atoms with Gasteiger partial charge in [-0.15, -0.1) is 0 Å². The van der Waals surface area contributed by atoms with Crippen LogP contribution in [-0.4, -0.2) is 28.1 Å². The molecule has 5 heteroatoms. The van der Waals surface area contributed by atoms with Gasteiger partial charge in [0.1, 0.15) is 11.5 Å². The first-order valence-electron chi connectivity index (χ1n) is 6.56. The van der Waals surface area contributed by atoms with E-state index in [2.05, 4.69) is 0 Å². The summed E-state index contributed by atoms with van der Waals surface area (Å²) >= 11 is 0. The molecule has 0 aliphatic heterocycles. The lowest BCUT2D eigenvalue weighted by Crippen LogP contribution is -2.26. The third-order valence-electron chi connectivity index (χ3n) is 3.20. The molecule has 2 aromatic carbocycles. The van der Waals surface area contributed by atoms with Crippen molar-refractivity contribution < 1.29 is 15.0 Å². The van der Waals surface area contributed by atoms with Gasteiger partial charge in [-0.2, -0.15) is 0 Å². The summed E-state index contributed by atoms with van der Waals surface area (Å²) in [6, 6.07) is 11.5. The average molecular weight is 286 g/mol. The van der Waals surface area contributed by atoms with Crippen molar-refractivity contribution in [1.82, 2.24) is 4.90 Å². The maximum atomic E-state index is 12.3. The van der Waals surface area contributed by atoms with Gasteiger partial charge in [-0.05, 0) is 29.3 Å². The van der Waals surface area contributed by atoms with Crippen LogP contribution in [0.2, 0.25) is 0 Å². The normalized spacial score (nSPS) is 10.4. The fraction of sp³-hybridized carbons (Fsp3) is 0.188. The number of carbonyl (C=O) groups is 1. The predicted octanol–water partition coefficient (Wildman–Crippen LogP) is 1.83. The second-order valence-corrected chi connectivity index (χ2v) is 4.89. The molecular weight excluding hydrogens is 268 g/mol. The second-order valence-electron chi connectivity index (χ2n) is 4.89. The SMILES string of the molecule is CN(Cc1cccc(CN)c1)C(=O)c1cc(O)ccc1O. The molecule has 21 heavy (non-hydrogen) atoms. The van der Waals surface area contributed by atoms with E-state index in [0.717, 1.165) is 11.1 Å². The quantitative estimate of drug-likeness (QED) is 0.748. The molecule has 0 saturated carbocycles. The summed E-state index contributed by atoms with van der Waals surface area (Å²) < 4.78 is 0. The van der Waals surface area contributed by atoms with Gasteiger partial charge in [0.25, 0.3) is 5.91 Å². The van der Waals surface area contributed by atoms with Crippen molar-refractivity contribution in [1.29, 1.82) is 0 Å². The molecular formula is C16H18N2O3. The molecule has 0 bridgehead atoms. The molecule has 0 spiro atoms. The first-order valence-corrected chi connectivity index (χ1v) is 6.56. The van der Waals surface area contributed by atoms with Crippen LogP contribution in [0.5, 0.6) is 11.5 Å². The number of carbonyl (C=O) groups excluding carboxylic acids is 1. The van der Waals surface area contributed by atoms with Crippen LogP contribution in [0.15, 0.2) is 42.5 Å². The molecule has 1 amide bonds. The van der Waals surface area contributed by atoms with Gasteiger partial charge in [0.05, 0.1) is 5.56 Å². The van der Waals surface area contributed by atoms with E-state index in [1.165, 1.54) is 23.1 Å². The molecule has 2 rings (SSSR count). The highest BCUT2D eigenvalue weighted by molar-refractivity contribution is 5.97. The number of nitrogens with zero attached hydrogens (tertiary/aromatic N) is 1. The molecule has 0 aliphatic rings. The number of amides is 1. The Morgan fingerprint density at radius 3 is 2.57 bits per heavy atom. The summed E-state index contributed by atoms with van der Waals surface area (Å²) in [5.41, 5.74) is 7.62. The maximum Gasteiger partial charge on any atom is 0.257 e. The van der Waals surface area contributed by atoms with Crippen molar-refractivity contribution in [3.63, 3.8) is 0 Å². The third kappa shape index (κ3) is 3.52. The third-order valence-corrected chi connectivity index (χ3v) is 3.20. The van der Waals surface area contributed by atoms with Crippen molar-refractivity contribution in [2.24, 2.45) is 5.73 Å². The average Bonchev–Trinajstić information content (AvgIpc) is 2.49. The Balaban J connectivity index is 2.17. The number of nitrogens with two attached hydrogens (primary N) is 1. The lowest BCUT2D eigenvalue weighted by atomic mass is 10.1. The number of phenolic OH excluding ortho intramolecular Hbond substituents is 2. The molecule has 0 atom stereocenters. The molecule has 110 valence electrons. The summed E-state index contributed by atoms with van der Waals surface area (Å²) in [7, 11) is 1.64. The van der Waals surface area contributed by atoms with E-state index in [-0.39, 0.29) is 23.0 Å². The number of hydrogen-bond donors (Lipinski definition) is 3. The molecule has 0 aliphatic carbocycles. The zero-order chi connectivity index (χ0) is 15.4. The first-order chi connectivity index (χ1) is 10.0. The summed E-state index contributed by atoms with van der Waals surface area (Å²) in [6.45, 7) is 0.834. The van der Waals surface area contributed by atoms with E-state index in [9.17, 15) is 15.0 Å². The van der Waals surface area contributed by atoms with Gasteiger partial charge in [0.2, 0.25) is 0 Å². The molecule has 0 fully saturated rings. The standard InChI is InChI=1S/C16H18N2O3/c1-18(10-12-4-2-3-11(7-12)9-17)16(21)14-8-13(19)5-6-15(14)20/h2-8,19-20H,9-10,17H2,1H3. The highest BCUT2D eigenvalue weighted by atomic mass is 16.3. The van der Waals surface area contributed by atoms with Gasteiger partial charge in [0, 0.05) is 20.1 Å². The lowest BCUT2D eigenvalue weighted by Gasteiger charge is -2.18. The Bertz CT molecular complexity index is 656. The van der Waals surface area contributed by atoms with Crippen molar-refractivity contribution >= 4 is 5.91 Å². The molecule has 4 N–H and O–H groups in total. The Hall–Kier alpha value is -2.53. The number of hydrogen-bond acceptors (Lipinski definition) is 4. The van der Waals surface area contributed by atoms with Crippen molar-refractivity contribution in [3.05, 3.63) is 59.2 Å². The van der Waals surface area contributed by atoms with Gasteiger partial charge in [-0.25, -0.2) is 0 Å². The van der Waals surface area contributed by atoms with Crippen LogP contribution in [0.25, 0.3) is 0 Å². The van der Waals surface area contributed by atoms with Gasteiger partial charge >= 0.3 is 0 Å². The lowest BCUT2D eigenvalue weighted by molar-refractivity contribution is 0.0781. The number of aromatic hydroxyl groups is 2. The Morgan fingerprint density at radius 1 is 1.14 bits per heavy atom. The minimum absolute atomic E-state index is 0.0605. The van der Waals surface area contributed by atoms with Gasteiger partial charge in [0.15, 0.2) is 0 Å². The number of benzene rings is 2. The van der Waals surface area contributed by atoms with E-state index in [1.54, 1.807) is 7.05 Å². The van der Waals surface area contributed by atoms with E-state index >= 15 is 0 Å². The van der Waals surface area contributed by atoms with Crippen molar-refractivity contribution in [3.8, 4) is 11.5 Å². The summed E-state index contributed by atoms with van der Waals surface area (Å²) in [5, 5.41) is 19.2. The Labute approximate surface area is 123 Å². The van der Waals surface area contributed by atoms with Crippen LogP contribution in [-0.2, 0) is 13.1 Å². The molecule has 5 nitrogen and oxygen atoms in total. The maximum absolute atomic E-state index is 12.3. The van der Waals surface area contributed by atoms with Crippen LogP contribution in [0.1, 0.15) is 21.5 Å². The zero-order valence-electron chi connectivity index (χ0n) is 11.8. The van der Waals surface area contributed by atoms with Gasteiger partial charge in [-0.3, -0.25) is 4.79 Å². The van der Waals surface area contributed by atoms with Crippen LogP contribution in [0.3, 0.4) is 0 Å². The summed E-state index contributed by atoms with van der Waals surface area (Å²) in [6.07, 6.45) is 0. The van der Waals surface area contributed by atoms with Crippen molar-refractivity contribution in [2.45, 2.75) is 13.1 Å². The smallest absolute Gasteiger partial charge is 0.257 e. The van der Waals surface area contributed by atoms with Crippen LogP contribution >= 0.6 is 0 Å². The summed E-state index contributed by atoms with van der Waals surface area (Å²) in [4.78, 5) is 13.8. The number of phenols is 2. The van der Waals surface area contributed by atoms with Crippen LogP contribution in [0.4, 0.5) is 0 Å². The fourth-order valence-electron chi connectivity index (χ4n) is 2.10. The largest absolute Gasteiger partial charge is 0.508 e. The zero-order valence-corrected chi connectivity index (χ0v) is 11.8. The Morgan fingerprint density at radius 2 is 1.86 bits per heavy atom. The fourth-order valence-corrected chi connectivity index (χ4v) is 2.10. The van der Waals surface area contributed by atoms with Crippen molar-refractivity contribution in [2.75, 3.05) is 7.05 Å². The van der Waals surface area contributed by atoms with Crippen LogP contribution in [0, 0.1) is 0 Å². The second kappa shape index (κ2) is 6.28. The topological polar surface area (TPSA) is 86.8 Å². The monoisotopic (exact) mass is 286 g/mol. The van der Waals surface area contributed by atoms with Crippen LogP contribution < -0.4 is 5.73 Å². The van der Waals surface area contributed by atoms with Gasteiger partial charge < -0.3 is 20.8 Å². The molecule has 2 aromatic rings. The predicted molar refractivity (Wildman–Crippen MR) is 79.9 cm³/mol. The molecule has 0 heterocycles. The summed E-state index contributed by atoms with van der Waals surface area (Å²) in [5.74, 6) is -0.573. The minimum Gasteiger partial charge on any atom is -0.508 e. The molecule has 0 aromatic heterocycles. The Kier molecular flexibility index (Phi) is 4.45.